The lowest BCUT2D eigenvalue weighted by Gasteiger charge is -2.15. The summed E-state index contributed by atoms with van der Waals surface area (Å²) >= 11 is 1.53. The molecule has 1 N–H and O–H groups in total. The molecule has 0 aliphatic heterocycles. The fourth-order valence-corrected chi connectivity index (χ4v) is 4.10. The molecule has 0 unspecified atom stereocenters. The summed E-state index contributed by atoms with van der Waals surface area (Å²) in [4.78, 5) is 4.54. The van der Waals surface area contributed by atoms with Crippen LogP contribution in [-0.4, -0.2) is 26.6 Å². The number of nitrogens with one attached hydrogen (secondary N) is 1. The SMILES string of the molecule is CC[C@H](C)NS(=O)(=O)c1cc(-c2csc(C)n2)ccc1OC. The van der Waals surface area contributed by atoms with Gasteiger partial charge in [0, 0.05) is 17.0 Å². The molecule has 2 aromatic rings. The van der Waals surface area contributed by atoms with Gasteiger partial charge in [0.05, 0.1) is 17.8 Å². The van der Waals surface area contributed by atoms with Gasteiger partial charge in [-0.25, -0.2) is 18.1 Å². The van der Waals surface area contributed by atoms with Gasteiger partial charge in [-0.05, 0) is 38.5 Å². The van der Waals surface area contributed by atoms with E-state index >= 15 is 0 Å². The molecule has 0 saturated carbocycles. The van der Waals surface area contributed by atoms with Gasteiger partial charge in [-0.15, -0.1) is 11.3 Å². The molecule has 5 nitrogen and oxygen atoms in total. The van der Waals surface area contributed by atoms with Crippen LogP contribution in [-0.2, 0) is 10.0 Å². The molecule has 120 valence electrons. The number of aromatic nitrogens is 1. The Labute approximate surface area is 135 Å². The molecule has 0 saturated heterocycles. The van der Waals surface area contributed by atoms with Gasteiger partial charge in [-0.1, -0.05) is 6.92 Å². The number of ether oxygens (including phenoxy) is 1. The van der Waals surface area contributed by atoms with Gasteiger partial charge in [0.1, 0.15) is 10.6 Å². The maximum atomic E-state index is 12.6. The molecule has 1 atom stereocenters. The van der Waals surface area contributed by atoms with Crippen molar-refractivity contribution in [1.29, 1.82) is 0 Å². The average molecular weight is 340 g/mol. The first kappa shape index (κ1) is 16.9. The average Bonchev–Trinajstić information content (AvgIpc) is 2.92. The van der Waals surface area contributed by atoms with Crippen LogP contribution >= 0.6 is 11.3 Å². The minimum Gasteiger partial charge on any atom is -0.495 e. The quantitative estimate of drug-likeness (QED) is 0.877. The highest BCUT2D eigenvalue weighted by atomic mass is 32.2. The summed E-state index contributed by atoms with van der Waals surface area (Å²) in [5.74, 6) is 0.325. The molecule has 0 spiro atoms. The van der Waals surface area contributed by atoms with E-state index in [1.54, 1.807) is 12.1 Å². The molecule has 0 amide bonds. The van der Waals surface area contributed by atoms with E-state index in [9.17, 15) is 8.42 Å². The Bertz CT molecular complexity index is 754. The van der Waals surface area contributed by atoms with E-state index in [1.165, 1.54) is 18.4 Å². The second kappa shape index (κ2) is 6.76. The van der Waals surface area contributed by atoms with Crippen molar-refractivity contribution < 1.29 is 13.2 Å². The zero-order valence-electron chi connectivity index (χ0n) is 13.1. The molecular weight excluding hydrogens is 320 g/mol. The molecule has 0 bridgehead atoms. The first-order valence-corrected chi connectivity index (χ1v) is 9.36. The molecule has 0 aliphatic rings. The van der Waals surface area contributed by atoms with Crippen molar-refractivity contribution in [3.63, 3.8) is 0 Å². The highest BCUT2D eigenvalue weighted by Gasteiger charge is 2.22. The zero-order chi connectivity index (χ0) is 16.3. The molecule has 1 heterocycles. The van der Waals surface area contributed by atoms with Crippen molar-refractivity contribution in [2.45, 2.75) is 38.1 Å². The van der Waals surface area contributed by atoms with Crippen LogP contribution in [0.5, 0.6) is 5.75 Å². The lowest BCUT2D eigenvalue weighted by atomic mass is 10.2. The third kappa shape index (κ3) is 3.66. The smallest absolute Gasteiger partial charge is 0.244 e. The number of sulfonamides is 1. The second-order valence-corrected chi connectivity index (χ2v) is 7.79. The Hall–Kier alpha value is -1.44. The summed E-state index contributed by atoms with van der Waals surface area (Å²) in [6.07, 6.45) is 0.715. The fraction of sp³-hybridized carbons (Fsp3) is 0.400. The predicted molar refractivity (Wildman–Crippen MR) is 88.9 cm³/mol. The van der Waals surface area contributed by atoms with Crippen LogP contribution in [0, 0.1) is 6.92 Å². The molecule has 22 heavy (non-hydrogen) atoms. The largest absolute Gasteiger partial charge is 0.495 e. The Morgan fingerprint density at radius 2 is 2.14 bits per heavy atom. The molecule has 0 fully saturated rings. The minimum atomic E-state index is -3.64. The van der Waals surface area contributed by atoms with E-state index in [0.717, 1.165) is 16.3 Å². The molecular formula is C15H20N2O3S2. The van der Waals surface area contributed by atoms with Crippen LogP contribution in [0.2, 0.25) is 0 Å². The van der Waals surface area contributed by atoms with E-state index in [0.29, 0.717) is 12.2 Å². The minimum absolute atomic E-state index is 0.137. The Morgan fingerprint density at radius 3 is 2.68 bits per heavy atom. The van der Waals surface area contributed by atoms with Crippen molar-refractivity contribution in [1.82, 2.24) is 9.71 Å². The molecule has 7 heteroatoms. The number of benzene rings is 1. The van der Waals surface area contributed by atoms with Gasteiger partial charge in [0.15, 0.2) is 0 Å². The van der Waals surface area contributed by atoms with Gasteiger partial charge >= 0.3 is 0 Å². The van der Waals surface area contributed by atoms with Crippen LogP contribution in [0.3, 0.4) is 0 Å². The maximum absolute atomic E-state index is 12.6. The third-order valence-electron chi connectivity index (χ3n) is 3.34. The van der Waals surface area contributed by atoms with E-state index in [2.05, 4.69) is 9.71 Å². The predicted octanol–water partition coefficient (Wildman–Crippen LogP) is 3.20. The van der Waals surface area contributed by atoms with Crippen molar-refractivity contribution in [3.8, 4) is 17.0 Å². The number of nitrogens with zero attached hydrogens (tertiary/aromatic N) is 1. The summed E-state index contributed by atoms with van der Waals surface area (Å²) in [6, 6.07) is 4.95. The van der Waals surface area contributed by atoms with Gasteiger partial charge in [-0.3, -0.25) is 0 Å². The summed E-state index contributed by atoms with van der Waals surface area (Å²) in [6.45, 7) is 5.68. The molecule has 1 aromatic carbocycles. The summed E-state index contributed by atoms with van der Waals surface area (Å²) < 4.78 is 33.0. The van der Waals surface area contributed by atoms with E-state index < -0.39 is 10.0 Å². The second-order valence-electron chi connectivity index (χ2n) is 5.05. The monoisotopic (exact) mass is 340 g/mol. The van der Waals surface area contributed by atoms with Crippen molar-refractivity contribution >= 4 is 21.4 Å². The summed E-state index contributed by atoms with van der Waals surface area (Å²) in [5, 5.41) is 2.85. The normalized spacial score (nSPS) is 13.1. The number of methoxy groups -OCH3 is 1. The van der Waals surface area contributed by atoms with Gasteiger partial charge < -0.3 is 4.74 Å². The molecule has 2 rings (SSSR count). The molecule has 1 aromatic heterocycles. The fourth-order valence-electron chi connectivity index (χ4n) is 1.95. The number of rotatable bonds is 6. The van der Waals surface area contributed by atoms with Crippen molar-refractivity contribution in [3.05, 3.63) is 28.6 Å². The number of thiazole rings is 1. The van der Waals surface area contributed by atoms with Gasteiger partial charge in [0.2, 0.25) is 10.0 Å². The number of aryl methyl sites for hydroxylation is 1. The number of hydrogen-bond acceptors (Lipinski definition) is 5. The highest BCUT2D eigenvalue weighted by Crippen LogP contribution is 2.30. The highest BCUT2D eigenvalue weighted by molar-refractivity contribution is 7.89. The lowest BCUT2D eigenvalue weighted by molar-refractivity contribution is 0.402. The van der Waals surface area contributed by atoms with Crippen LogP contribution < -0.4 is 9.46 Å². The molecule has 0 aliphatic carbocycles. The Balaban J connectivity index is 2.49. The van der Waals surface area contributed by atoms with Crippen LogP contribution in [0.15, 0.2) is 28.5 Å². The zero-order valence-corrected chi connectivity index (χ0v) is 14.7. The Kier molecular flexibility index (Phi) is 5.20. The van der Waals surface area contributed by atoms with Gasteiger partial charge in [0.25, 0.3) is 0 Å². The summed E-state index contributed by atoms with van der Waals surface area (Å²) in [5.41, 5.74) is 1.53. The van der Waals surface area contributed by atoms with E-state index in [4.69, 9.17) is 4.74 Å². The third-order valence-corrected chi connectivity index (χ3v) is 5.72. The van der Waals surface area contributed by atoms with Crippen LogP contribution in [0.4, 0.5) is 0 Å². The van der Waals surface area contributed by atoms with Crippen LogP contribution in [0.1, 0.15) is 25.3 Å². The van der Waals surface area contributed by atoms with Gasteiger partial charge in [-0.2, -0.15) is 0 Å². The topological polar surface area (TPSA) is 68.3 Å². The van der Waals surface area contributed by atoms with Crippen molar-refractivity contribution in [2.75, 3.05) is 7.11 Å². The number of hydrogen-bond donors (Lipinski definition) is 1. The first-order valence-electron chi connectivity index (χ1n) is 7.00. The standard InChI is InChI=1S/C15H20N2O3S2/c1-5-10(2)17-22(18,19)15-8-12(6-7-14(15)20-4)13-9-21-11(3)16-13/h6-10,17H,5H2,1-4H3/t10-/m0/s1. The maximum Gasteiger partial charge on any atom is 0.244 e. The lowest BCUT2D eigenvalue weighted by Crippen LogP contribution is -2.32. The van der Waals surface area contributed by atoms with Crippen LogP contribution in [0.25, 0.3) is 11.3 Å². The summed E-state index contributed by atoms with van der Waals surface area (Å²) in [7, 11) is -2.17. The van der Waals surface area contributed by atoms with E-state index in [-0.39, 0.29) is 10.9 Å². The van der Waals surface area contributed by atoms with E-state index in [1.807, 2.05) is 32.2 Å². The van der Waals surface area contributed by atoms with Crippen molar-refractivity contribution in [2.24, 2.45) is 0 Å². The molecule has 0 radical (unpaired) electrons. The first-order chi connectivity index (χ1) is 10.4. The Morgan fingerprint density at radius 1 is 1.41 bits per heavy atom.